The largest absolute Gasteiger partial charge is 0.389 e. The SMILES string of the molecule is COCC(O)CNc1ccc(-c2nc(-c3ccccc3C)no2)cn1. The first-order valence-electron chi connectivity index (χ1n) is 7.94. The fourth-order valence-corrected chi connectivity index (χ4v) is 2.37. The summed E-state index contributed by atoms with van der Waals surface area (Å²) in [7, 11) is 1.55. The van der Waals surface area contributed by atoms with E-state index < -0.39 is 6.10 Å². The molecule has 3 rings (SSSR count). The van der Waals surface area contributed by atoms with Gasteiger partial charge in [0, 0.05) is 25.4 Å². The van der Waals surface area contributed by atoms with Gasteiger partial charge in [0.1, 0.15) is 5.82 Å². The number of aromatic nitrogens is 3. The molecule has 1 unspecified atom stereocenters. The van der Waals surface area contributed by atoms with Crippen molar-refractivity contribution in [3.05, 3.63) is 48.2 Å². The number of anilines is 1. The van der Waals surface area contributed by atoms with Gasteiger partial charge in [0.2, 0.25) is 5.82 Å². The van der Waals surface area contributed by atoms with E-state index in [1.807, 2.05) is 37.3 Å². The van der Waals surface area contributed by atoms with Gasteiger partial charge >= 0.3 is 0 Å². The molecule has 3 aromatic rings. The topological polar surface area (TPSA) is 93.3 Å². The maximum Gasteiger partial charge on any atom is 0.259 e. The summed E-state index contributed by atoms with van der Waals surface area (Å²) >= 11 is 0. The van der Waals surface area contributed by atoms with E-state index in [1.165, 1.54) is 0 Å². The molecule has 1 aromatic carbocycles. The van der Waals surface area contributed by atoms with Crippen LogP contribution in [0.4, 0.5) is 5.82 Å². The fourth-order valence-electron chi connectivity index (χ4n) is 2.37. The number of hydrogen-bond donors (Lipinski definition) is 2. The molecule has 7 nitrogen and oxygen atoms in total. The lowest BCUT2D eigenvalue weighted by Gasteiger charge is -2.10. The number of benzene rings is 1. The molecule has 7 heteroatoms. The first-order valence-corrected chi connectivity index (χ1v) is 7.94. The van der Waals surface area contributed by atoms with Gasteiger partial charge in [-0.3, -0.25) is 0 Å². The lowest BCUT2D eigenvalue weighted by Crippen LogP contribution is -2.24. The quantitative estimate of drug-likeness (QED) is 0.682. The maximum atomic E-state index is 9.63. The third-order valence-corrected chi connectivity index (χ3v) is 3.70. The van der Waals surface area contributed by atoms with Crippen molar-refractivity contribution < 1.29 is 14.4 Å². The number of aliphatic hydroxyl groups is 1. The van der Waals surface area contributed by atoms with Gasteiger partial charge in [-0.15, -0.1) is 0 Å². The monoisotopic (exact) mass is 340 g/mol. The van der Waals surface area contributed by atoms with E-state index in [-0.39, 0.29) is 6.61 Å². The normalized spacial score (nSPS) is 12.1. The third kappa shape index (κ3) is 4.20. The maximum absolute atomic E-state index is 9.63. The minimum atomic E-state index is -0.584. The number of nitrogens with zero attached hydrogens (tertiary/aromatic N) is 3. The van der Waals surface area contributed by atoms with Gasteiger partial charge in [0.15, 0.2) is 0 Å². The highest BCUT2D eigenvalue weighted by Crippen LogP contribution is 2.24. The molecule has 130 valence electrons. The second-order valence-electron chi connectivity index (χ2n) is 5.66. The number of rotatable bonds is 7. The first-order chi connectivity index (χ1) is 12.2. The number of aliphatic hydroxyl groups excluding tert-OH is 1. The molecule has 0 aliphatic rings. The molecule has 25 heavy (non-hydrogen) atoms. The van der Waals surface area contributed by atoms with Crippen LogP contribution in [0.25, 0.3) is 22.8 Å². The standard InChI is InChI=1S/C18H20N4O3/c1-12-5-3-4-6-15(12)17-21-18(25-22-17)13-7-8-16(19-9-13)20-10-14(23)11-24-2/h3-9,14,23H,10-11H2,1-2H3,(H,19,20). The van der Waals surface area contributed by atoms with Crippen LogP contribution < -0.4 is 5.32 Å². The lowest BCUT2D eigenvalue weighted by molar-refractivity contribution is 0.0727. The average molecular weight is 340 g/mol. The minimum Gasteiger partial charge on any atom is -0.389 e. The molecular weight excluding hydrogens is 320 g/mol. The summed E-state index contributed by atoms with van der Waals surface area (Å²) in [6.07, 6.45) is 1.07. The van der Waals surface area contributed by atoms with E-state index in [0.29, 0.717) is 24.1 Å². The zero-order chi connectivity index (χ0) is 17.6. The van der Waals surface area contributed by atoms with Crippen molar-refractivity contribution in [2.75, 3.05) is 25.6 Å². The summed E-state index contributed by atoms with van der Waals surface area (Å²) in [6.45, 7) is 2.64. The second kappa shape index (κ2) is 7.87. The smallest absolute Gasteiger partial charge is 0.259 e. The van der Waals surface area contributed by atoms with Crippen LogP contribution in [0.5, 0.6) is 0 Å². The molecule has 0 fully saturated rings. The molecule has 0 bridgehead atoms. The van der Waals surface area contributed by atoms with E-state index in [4.69, 9.17) is 9.26 Å². The van der Waals surface area contributed by atoms with Gasteiger partial charge in [-0.05, 0) is 24.6 Å². The van der Waals surface area contributed by atoms with Crippen LogP contribution in [0, 0.1) is 6.92 Å². The predicted molar refractivity (Wildman–Crippen MR) is 94.1 cm³/mol. The molecular formula is C18H20N4O3. The summed E-state index contributed by atoms with van der Waals surface area (Å²) in [4.78, 5) is 8.74. The number of ether oxygens (including phenoxy) is 1. The molecule has 0 aliphatic carbocycles. The van der Waals surface area contributed by atoms with Crippen molar-refractivity contribution in [3.63, 3.8) is 0 Å². The Kier molecular flexibility index (Phi) is 5.37. The highest BCUT2D eigenvalue weighted by Gasteiger charge is 2.12. The molecule has 0 amide bonds. The Bertz CT molecular complexity index is 817. The van der Waals surface area contributed by atoms with Gasteiger partial charge in [0.05, 0.1) is 18.3 Å². The number of hydrogen-bond acceptors (Lipinski definition) is 7. The zero-order valence-corrected chi connectivity index (χ0v) is 14.1. The predicted octanol–water partition coefficient (Wildman–Crippen LogP) is 2.53. The van der Waals surface area contributed by atoms with Gasteiger partial charge < -0.3 is 19.7 Å². The summed E-state index contributed by atoms with van der Waals surface area (Å²) in [5, 5.41) is 16.7. The summed E-state index contributed by atoms with van der Waals surface area (Å²) < 4.78 is 10.2. The van der Waals surface area contributed by atoms with Crippen molar-refractivity contribution in [2.45, 2.75) is 13.0 Å². The summed E-state index contributed by atoms with van der Waals surface area (Å²) in [6, 6.07) is 11.5. The van der Waals surface area contributed by atoms with E-state index in [9.17, 15) is 5.11 Å². The number of nitrogens with one attached hydrogen (secondary N) is 1. The molecule has 0 radical (unpaired) electrons. The van der Waals surface area contributed by atoms with Gasteiger partial charge in [-0.1, -0.05) is 29.4 Å². The molecule has 0 spiro atoms. The van der Waals surface area contributed by atoms with Crippen LogP contribution in [-0.2, 0) is 4.74 Å². The average Bonchev–Trinajstić information content (AvgIpc) is 3.11. The molecule has 2 heterocycles. The van der Waals surface area contributed by atoms with Crippen LogP contribution in [-0.4, -0.2) is 46.6 Å². The molecule has 0 aliphatic heterocycles. The van der Waals surface area contributed by atoms with E-state index in [1.54, 1.807) is 19.4 Å². The molecule has 2 aromatic heterocycles. The van der Waals surface area contributed by atoms with Crippen molar-refractivity contribution in [3.8, 4) is 22.8 Å². The summed E-state index contributed by atoms with van der Waals surface area (Å²) in [5.74, 6) is 1.62. The molecule has 0 saturated carbocycles. The van der Waals surface area contributed by atoms with Crippen LogP contribution in [0.1, 0.15) is 5.56 Å². The van der Waals surface area contributed by atoms with Crippen molar-refractivity contribution in [2.24, 2.45) is 0 Å². The Labute approximate surface area is 145 Å². The van der Waals surface area contributed by atoms with Crippen LogP contribution in [0.2, 0.25) is 0 Å². The van der Waals surface area contributed by atoms with E-state index in [2.05, 4.69) is 20.4 Å². The van der Waals surface area contributed by atoms with Crippen molar-refractivity contribution >= 4 is 5.82 Å². The lowest BCUT2D eigenvalue weighted by atomic mass is 10.1. The Hall–Kier alpha value is -2.77. The third-order valence-electron chi connectivity index (χ3n) is 3.70. The van der Waals surface area contributed by atoms with Crippen LogP contribution in [0.3, 0.4) is 0 Å². The molecule has 2 N–H and O–H groups in total. The van der Waals surface area contributed by atoms with Crippen molar-refractivity contribution in [1.82, 2.24) is 15.1 Å². The molecule has 0 saturated heterocycles. The van der Waals surface area contributed by atoms with E-state index in [0.717, 1.165) is 16.7 Å². The number of pyridine rings is 1. The Morgan fingerprint density at radius 1 is 1.24 bits per heavy atom. The van der Waals surface area contributed by atoms with Crippen LogP contribution in [0.15, 0.2) is 47.1 Å². The molecule has 1 atom stereocenters. The first kappa shape index (κ1) is 17.1. The Morgan fingerprint density at radius 3 is 2.80 bits per heavy atom. The Morgan fingerprint density at radius 2 is 2.08 bits per heavy atom. The minimum absolute atomic E-state index is 0.273. The second-order valence-corrected chi connectivity index (χ2v) is 5.66. The highest BCUT2D eigenvalue weighted by molar-refractivity contribution is 5.62. The van der Waals surface area contributed by atoms with Gasteiger partial charge in [-0.2, -0.15) is 4.98 Å². The highest BCUT2D eigenvalue weighted by atomic mass is 16.5. The summed E-state index contributed by atoms with van der Waals surface area (Å²) in [5.41, 5.74) is 2.76. The fraction of sp³-hybridized carbons (Fsp3) is 0.278. The van der Waals surface area contributed by atoms with Gasteiger partial charge in [0.25, 0.3) is 5.89 Å². The number of aryl methyl sites for hydroxylation is 1. The van der Waals surface area contributed by atoms with E-state index >= 15 is 0 Å². The Balaban J connectivity index is 1.70. The van der Waals surface area contributed by atoms with Crippen LogP contribution >= 0.6 is 0 Å². The zero-order valence-electron chi connectivity index (χ0n) is 14.1. The number of methoxy groups -OCH3 is 1. The van der Waals surface area contributed by atoms with Crippen molar-refractivity contribution in [1.29, 1.82) is 0 Å². The van der Waals surface area contributed by atoms with Gasteiger partial charge in [-0.25, -0.2) is 4.98 Å².